The molecule has 0 saturated carbocycles. The van der Waals surface area contributed by atoms with Gasteiger partial charge in [0.15, 0.2) is 5.90 Å². The van der Waals surface area contributed by atoms with E-state index in [1.54, 1.807) is 7.11 Å². The van der Waals surface area contributed by atoms with E-state index in [0.717, 1.165) is 11.3 Å². The van der Waals surface area contributed by atoms with Crippen molar-refractivity contribution in [3.05, 3.63) is 29.3 Å². The number of ether oxygens (including phenoxy) is 2. The highest BCUT2D eigenvalue weighted by molar-refractivity contribution is 5.76. The van der Waals surface area contributed by atoms with Crippen LogP contribution in [0.25, 0.3) is 0 Å². The molecule has 0 spiro atoms. The second-order valence-electron chi connectivity index (χ2n) is 4.03. The number of hydrogen-bond donors (Lipinski definition) is 1. The molecule has 1 N–H and O–H groups in total. The summed E-state index contributed by atoms with van der Waals surface area (Å²) < 4.78 is 10.2. The molecule has 0 aliphatic carbocycles. The highest BCUT2D eigenvalue weighted by atomic mass is 16.5. The van der Waals surface area contributed by atoms with Crippen LogP contribution in [-0.2, 0) is 11.2 Å². The molecule has 0 unspecified atom stereocenters. The van der Waals surface area contributed by atoms with Gasteiger partial charge in [0.05, 0.1) is 20.6 Å². The Kier molecular flexibility index (Phi) is 4.35. The minimum absolute atomic E-state index is 0.249. The monoisotopic (exact) mass is 221 g/mol. The molecule has 3 nitrogen and oxygen atoms in total. The third-order valence-electron chi connectivity index (χ3n) is 2.57. The standard InChI is InChI=1S/C13H19NO2/c1-9(2)10-5-6-12(15-3)11(7-10)8-13(14)16-4/h5-7,9,14H,8H2,1-4H3. The molecule has 1 aromatic rings. The van der Waals surface area contributed by atoms with Gasteiger partial charge in [0.1, 0.15) is 5.75 Å². The third kappa shape index (κ3) is 2.99. The summed E-state index contributed by atoms with van der Waals surface area (Å²) in [6.07, 6.45) is 0.472. The summed E-state index contributed by atoms with van der Waals surface area (Å²) in [7, 11) is 3.16. The first-order valence-corrected chi connectivity index (χ1v) is 5.36. The van der Waals surface area contributed by atoms with Crippen LogP contribution in [0.3, 0.4) is 0 Å². The van der Waals surface area contributed by atoms with Gasteiger partial charge in [-0.05, 0) is 17.5 Å². The Morgan fingerprint density at radius 1 is 1.31 bits per heavy atom. The molecule has 0 saturated heterocycles. The van der Waals surface area contributed by atoms with E-state index >= 15 is 0 Å². The van der Waals surface area contributed by atoms with E-state index in [9.17, 15) is 0 Å². The van der Waals surface area contributed by atoms with Crippen LogP contribution in [0.1, 0.15) is 30.9 Å². The predicted octanol–water partition coefficient (Wildman–Crippen LogP) is 2.98. The van der Waals surface area contributed by atoms with Crippen molar-refractivity contribution in [2.75, 3.05) is 14.2 Å². The van der Waals surface area contributed by atoms with E-state index in [2.05, 4.69) is 26.0 Å². The van der Waals surface area contributed by atoms with Crippen LogP contribution in [0, 0.1) is 5.41 Å². The topological polar surface area (TPSA) is 42.3 Å². The molecule has 0 atom stereocenters. The highest BCUT2D eigenvalue weighted by Gasteiger charge is 2.09. The van der Waals surface area contributed by atoms with Gasteiger partial charge >= 0.3 is 0 Å². The van der Waals surface area contributed by atoms with Gasteiger partial charge in [0.2, 0.25) is 0 Å². The lowest BCUT2D eigenvalue weighted by molar-refractivity contribution is 0.385. The fraction of sp³-hybridized carbons (Fsp3) is 0.462. The van der Waals surface area contributed by atoms with Crippen molar-refractivity contribution in [3.8, 4) is 5.75 Å². The van der Waals surface area contributed by atoms with Crippen molar-refractivity contribution in [2.45, 2.75) is 26.2 Å². The van der Waals surface area contributed by atoms with E-state index in [4.69, 9.17) is 14.9 Å². The SMILES string of the molecule is COC(=N)Cc1cc(C(C)C)ccc1OC. The molecule has 0 fully saturated rings. The van der Waals surface area contributed by atoms with Gasteiger partial charge in [-0.2, -0.15) is 0 Å². The molecular formula is C13H19NO2. The first-order chi connectivity index (χ1) is 7.58. The molecule has 1 rings (SSSR count). The third-order valence-corrected chi connectivity index (χ3v) is 2.57. The van der Waals surface area contributed by atoms with Crippen LogP contribution in [-0.4, -0.2) is 20.1 Å². The average Bonchev–Trinajstić information content (AvgIpc) is 2.28. The summed E-state index contributed by atoms with van der Waals surface area (Å²) in [5.74, 6) is 1.53. The van der Waals surface area contributed by atoms with Crippen LogP contribution in [0.2, 0.25) is 0 Å². The Morgan fingerprint density at radius 3 is 2.50 bits per heavy atom. The van der Waals surface area contributed by atoms with Crippen LogP contribution in [0.4, 0.5) is 0 Å². The van der Waals surface area contributed by atoms with E-state index in [1.165, 1.54) is 12.7 Å². The van der Waals surface area contributed by atoms with Crippen molar-refractivity contribution < 1.29 is 9.47 Å². The van der Waals surface area contributed by atoms with E-state index in [1.807, 2.05) is 6.07 Å². The van der Waals surface area contributed by atoms with Gasteiger partial charge < -0.3 is 9.47 Å². The summed E-state index contributed by atoms with van der Waals surface area (Å²) in [5.41, 5.74) is 2.25. The lowest BCUT2D eigenvalue weighted by Crippen LogP contribution is -2.06. The summed E-state index contributed by atoms with van der Waals surface area (Å²) in [6, 6.07) is 6.09. The van der Waals surface area contributed by atoms with Crippen molar-refractivity contribution >= 4 is 5.90 Å². The Bertz CT molecular complexity index is 372. The fourth-order valence-corrected chi connectivity index (χ4v) is 1.54. The van der Waals surface area contributed by atoms with E-state index < -0.39 is 0 Å². The number of benzene rings is 1. The van der Waals surface area contributed by atoms with Crippen LogP contribution in [0.5, 0.6) is 5.75 Å². The highest BCUT2D eigenvalue weighted by Crippen LogP contribution is 2.24. The second kappa shape index (κ2) is 5.54. The lowest BCUT2D eigenvalue weighted by atomic mass is 9.99. The number of nitrogens with one attached hydrogen (secondary N) is 1. The summed E-state index contributed by atoms with van der Waals surface area (Å²) >= 11 is 0. The summed E-state index contributed by atoms with van der Waals surface area (Å²) in [6.45, 7) is 4.29. The van der Waals surface area contributed by atoms with Crippen LogP contribution >= 0.6 is 0 Å². The number of methoxy groups -OCH3 is 2. The molecule has 0 aliphatic heterocycles. The van der Waals surface area contributed by atoms with Crippen molar-refractivity contribution in [1.82, 2.24) is 0 Å². The second-order valence-corrected chi connectivity index (χ2v) is 4.03. The first-order valence-electron chi connectivity index (χ1n) is 5.36. The molecule has 0 heterocycles. The molecule has 88 valence electrons. The van der Waals surface area contributed by atoms with Gasteiger partial charge in [-0.25, -0.2) is 0 Å². The van der Waals surface area contributed by atoms with Crippen LogP contribution in [0.15, 0.2) is 18.2 Å². The minimum Gasteiger partial charge on any atom is -0.496 e. The van der Waals surface area contributed by atoms with Gasteiger partial charge in [-0.1, -0.05) is 26.0 Å². The van der Waals surface area contributed by atoms with Crippen LogP contribution < -0.4 is 4.74 Å². The fourth-order valence-electron chi connectivity index (χ4n) is 1.54. The maximum atomic E-state index is 7.55. The normalized spacial score (nSPS) is 10.3. The maximum Gasteiger partial charge on any atom is 0.184 e. The first kappa shape index (κ1) is 12.6. The van der Waals surface area contributed by atoms with Gasteiger partial charge in [0, 0.05) is 5.56 Å². The number of hydrogen-bond acceptors (Lipinski definition) is 3. The van der Waals surface area contributed by atoms with Gasteiger partial charge in [0.25, 0.3) is 0 Å². The molecular weight excluding hydrogens is 202 g/mol. The summed E-state index contributed by atoms with van der Waals surface area (Å²) in [4.78, 5) is 0. The molecule has 16 heavy (non-hydrogen) atoms. The molecule has 0 aliphatic rings. The van der Waals surface area contributed by atoms with E-state index in [-0.39, 0.29) is 5.90 Å². The molecule has 0 bridgehead atoms. The van der Waals surface area contributed by atoms with E-state index in [0.29, 0.717) is 12.3 Å². The van der Waals surface area contributed by atoms with Crippen molar-refractivity contribution in [2.24, 2.45) is 0 Å². The van der Waals surface area contributed by atoms with Gasteiger partial charge in [-0.15, -0.1) is 0 Å². The summed E-state index contributed by atoms with van der Waals surface area (Å²) in [5, 5.41) is 7.55. The Morgan fingerprint density at radius 2 is 2.00 bits per heavy atom. The number of rotatable bonds is 4. The zero-order valence-corrected chi connectivity index (χ0v) is 10.3. The maximum absolute atomic E-state index is 7.55. The molecule has 3 heteroatoms. The Labute approximate surface area is 96.9 Å². The zero-order valence-electron chi connectivity index (χ0n) is 10.3. The molecule has 0 radical (unpaired) electrons. The Balaban J connectivity index is 3.02. The Hall–Kier alpha value is -1.51. The molecule has 0 amide bonds. The van der Waals surface area contributed by atoms with Gasteiger partial charge in [-0.3, -0.25) is 5.41 Å². The zero-order chi connectivity index (χ0) is 12.1. The largest absolute Gasteiger partial charge is 0.496 e. The predicted molar refractivity (Wildman–Crippen MR) is 65.5 cm³/mol. The van der Waals surface area contributed by atoms with Crippen molar-refractivity contribution in [3.63, 3.8) is 0 Å². The van der Waals surface area contributed by atoms with Crippen molar-refractivity contribution in [1.29, 1.82) is 5.41 Å². The molecule has 1 aromatic carbocycles. The molecule has 0 aromatic heterocycles. The quantitative estimate of drug-likeness (QED) is 0.627. The lowest BCUT2D eigenvalue weighted by Gasteiger charge is -2.12. The smallest absolute Gasteiger partial charge is 0.184 e. The minimum atomic E-state index is 0.249. The average molecular weight is 221 g/mol.